The zero-order chi connectivity index (χ0) is 10.9. The number of hydrogen-bond donors (Lipinski definition) is 0. The van der Waals surface area contributed by atoms with Crippen molar-refractivity contribution in [2.24, 2.45) is 5.41 Å². The minimum Gasteiger partial charge on any atom is -0.379 e. The summed E-state index contributed by atoms with van der Waals surface area (Å²) in [5, 5.41) is 0. The first-order valence-corrected chi connectivity index (χ1v) is 5.67. The van der Waals surface area contributed by atoms with Crippen molar-refractivity contribution < 1.29 is 13.5 Å². The van der Waals surface area contributed by atoms with Crippen molar-refractivity contribution in [3.8, 4) is 0 Å². The summed E-state index contributed by atoms with van der Waals surface area (Å²) in [7, 11) is 0. The molecule has 2 aliphatic rings. The van der Waals surface area contributed by atoms with E-state index in [2.05, 4.69) is 4.90 Å². The maximum absolute atomic E-state index is 12.7. The molecule has 15 heavy (non-hydrogen) atoms. The highest BCUT2D eigenvalue weighted by Gasteiger charge is 2.45. The van der Waals surface area contributed by atoms with Crippen LogP contribution in [0, 0.1) is 5.41 Å². The van der Waals surface area contributed by atoms with Crippen LogP contribution in [0.3, 0.4) is 0 Å². The Kier molecular flexibility index (Phi) is 2.99. The largest absolute Gasteiger partial charge is 0.379 e. The first-order valence-electron chi connectivity index (χ1n) is 5.67. The average Bonchev–Trinajstić information content (AvgIpc) is 2.91. The molecule has 1 aliphatic heterocycles. The van der Waals surface area contributed by atoms with Crippen molar-refractivity contribution >= 4 is 0 Å². The summed E-state index contributed by atoms with van der Waals surface area (Å²) >= 11 is 0. The first kappa shape index (κ1) is 11.3. The SMILES string of the molecule is CC(F)(F)CCN1CCOCC2(CC2)C1. The normalized spacial score (nSPS) is 26.6. The van der Waals surface area contributed by atoms with Crippen molar-refractivity contribution in [1.82, 2.24) is 4.90 Å². The second-order valence-corrected chi connectivity index (χ2v) is 5.15. The minimum atomic E-state index is -2.54. The number of alkyl halides is 2. The summed E-state index contributed by atoms with van der Waals surface area (Å²) in [6.07, 6.45) is 2.36. The summed E-state index contributed by atoms with van der Waals surface area (Å²) in [6.45, 7) is 4.76. The maximum Gasteiger partial charge on any atom is 0.246 e. The molecule has 0 aromatic carbocycles. The van der Waals surface area contributed by atoms with Crippen molar-refractivity contribution in [2.45, 2.75) is 32.1 Å². The van der Waals surface area contributed by atoms with Crippen LogP contribution in [0.25, 0.3) is 0 Å². The van der Waals surface area contributed by atoms with Gasteiger partial charge in [-0.3, -0.25) is 0 Å². The van der Waals surface area contributed by atoms with Crippen LogP contribution in [0.2, 0.25) is 0 Å². The van der Waals surface area contributed by atoms with Gasteiger partial charge in [-0.1, -0.05) is 0 Å². The molecule has 1 heterocycles. The van der Waals surface area contributed by atoms with Gasteiger partial charge in [0.15, 0.2) is 0 Å². The van der Waals surface area contributed by atoms with Crippen LogP contribution in [0.1, 0.15) is 26.2 Å². The molecule has 88 valence electrons. The zero-order valence-corrected chi connectivity index (χ0v) is 9.27. The van der Waals surface area contributed by atoms with Gasteiger partial charge in [0.1, 0.15) is 0 Å². The molecule has 1 saturated heterocycles. The van der Waals surface area contributed by atoms with Crippen LogP contribution < -0.4 is 0 Å². The highest BCUT2D eigenvalue weighted by atomic mass is 19.3. The summed E-state index contributed by atoms with van der Waals surface area (Å²) in [6, 6.07) is 0. The molecular weight excluding hydrogens is 200 g/mol. The number of hydrogen-bond acceptors (Lipinski definition) is 2. The molecule has 2 fully saturated rings. The maximum atomic E-state index is 12.7. The third-order valence-electron chi connectivity index (χ3n) is 3.34. The van der Waals surface area contributed by atoms with Crippen LogP contribution in [-0.4, -0.2) is 43.7 Å². The Hall–Kier alpha value is -0.220. The van der Waals surface area contributed by atoms with E-state index >= 15 is 0 Å². The van der Waals surface area contributed by atoms with Gasteiger partial charge in [0.05, 0.1) is 13.2 Å². The minimum absolute atomic E-state index is 0.0386. The second-order valence-electron chi connectivity index (χ2n) is 5.15. The van der Waals surface area contributed by atoms with Crippen molar-refractivity contribution in [3.05, 3.63) is 0 Å². The van der Waals surface area contributed by atoms with Gasteiger partial charge in [-0.25, -0.2) is 8.78 Å². The van der Waals surface area contributed by atoms with Gasteiger partial charge in [0, 0.05) is 31.5 Å². The van der Waals surface area contributed by atoms with Crippen molar-refractivity contribution in [1.29, 1.82) is 0 Å². The predicted molar refractivity (Wildman–Crippen MR) is 54.2 cm³/mol. The van der Waals surface area contributed by atoms with E-state index in [1.807, 2.05) is 0 Å². The third kappa shape index (κ3) is 3.38. The van der Waals surface area contributed by atoms with Crippen molar-refractivity contribution in [3.63, 3.8) is 0 Å². The highest BCUT2D eigenvalue weighted by molar-refractivity contribution is 4.96. The van der Waals surface area contributed by atoms with E-state index in [-0.39, 0.29) is 6.42 Å². The van der Waals surface area contributed by atoms with E-state index in [1.54, 1.807) is 0 Å². The fourth-order valence-corrected chi connectivity index (χ4v) is 2.11. The number of halogens is 2. The molecule has 0 N–H and O–H groups in total. The van der Waals surface area contributed by atoms with Gasteiger partial charge in [-0.15, -0.1) is 0 Å². The standard InChI is InChI=1S/C11H19F2NO/c1-10(12,13)4-5-14-6-7-15-9-11(8-14)2-3-11/h2-9H2,1H3. The lowest BCUT2D eigenvalue weighted by Crippen LogP contribution is -2.34. The molecule has 0 aromatic heterocycles. The molecule has 0 radical (unpaired) electrons. The third-order valence-corrected chi connectivity index (χ3v) is 3.34. The van der Waals surface area contributed by atoms with Gasteiger partial charge in [-0.05, 0) is 19.8 Å². The van der Waals surface area contributed by atoms with E-state index in [1.165, 1.54) is 12.8 Å². The van der Waals surface area contributed by atoms with E-state index in [9.17, 15) is 8.78 Å². The molecule has 0 bridgehead atoms. The van der Waals surface area contributed by atoms with Crippen LogP contribution >= 0.6 is 0 Å². The number of nitrogens with zero attached hydrogens (tertiary/aromatic N) is 1. The molecule has 1 saturated carbocycles. The monoisotopic (exact) mass is 219 g/mol. The van der Waals surface area contributed by atoms with Gasteiger partial charge in [0.25, 0.3) is 0 Å². The number of rotatable bonds is 3. The Morgan fingerprint density at radius 1 is 1.40 bits per heavy atom. The highest BCUT2D eigenvalue weighted by Crippen LogP contribution is 2.47. The Morgan fingerprint density at radius 3 is 2.73 bits per heavy atom. The van der Waals surface area contributed by atoms with Crippen LogP contribution in [0.4, 0.5) is 8.78 Å². The first-order chi connectivity index (χ1) is 6.99. The summed E-state index contributed by atoms with van der Waals surface area (Å²) < 4.78 is 31.0. The molecule has 0 unspecified atom stereocenters. The molecule has 4 heteroatoms. The zero-order valence-electron chi connectivity index (χ0n) is 9.27. The topological polar surface area (TPSA) is 12.5 Å². The van der Waals surface area contributed by atoms with Crippen LogP contribution in [0.15, 0.2) is 0 Å². The summed E-state index contributed by atoms with van der Waals surface area (Å²) in [4.78, 5) is 2.14. The average molecular weight is 219 g/mol. The lowest BCUT2D eigenvalue weighted by Gasteiger charge is -2.24. The summed E-state index contributed by atoms with van der Waals surface area (Å²) in [5.74, 6) is -2.54. The van der Waals surface area contributed by atoms with Gasteiger partial charge in [-0.2, -0.15) is 0 Å². The molecule has 0 atom stereocenters. The molecule has 1 aliphatic carbocycles. The predicted octanol–water partition coefficient (Wildman–Crippen LogP) is 2.14. The van der Waals surface area contributed by atoms with Gasteiger partial charge < -0.3 is 9.64 Å². The Morgan fingerprint density at radius 2 is 2.13 bits per heavy atom. The van der Waals surface area contributed by atoms with E-state index < -0.39 is 5.92 Å². The molecular formula is C11H19F2NO. The number of ether oxygens (including phenoxy) is 1. The molecule has 0 aromatic rings. The van der Waals surface area contributed by atoms with Crippen LogP contribution in [-0.2, 0) is 4.74 Å². The second kappa shape index (κ2) is 3.98. The van der Waals surface area contributed by atoms with Gasteiger partial charge >= 0.3 is 0 Å². The Labute approximate surface area is 89.6 Å². The summed E-state index contributed by atoms with van der Waals surface area (Å²) in [5.41, 5.74) is 0.319. The Bertz CT molecular complexity index is 223. The molecule has 2 rings (SSSR count). The smallest absolute Gasteiger partial charge is 0.246 e. The van der Waals surface area contributed by atoms with E-state index in [0.717, 1.165) is 26.6 Å². The fourth-order valence-electron chi connectivity index (χ4n) is 2.11. The molecule has 0 amide bonds. The fraction of sp³-hybridized carbons (Fsp3) is 1.00. The molecule has 2 nitrogen and oxygen atoms in total. The van der Waals surface area contributed by atoms with E-state index in [0.29, 0.717) is 18.6 Å². The quantitative estimate of drug-likeness (QED) is 0.721. The lowest BCUT2D eigenvalue weighted by atomic mass is 10.1. The van der Waals surface area contributed by atoms with Gasteiger partial charge in [0.2, 0.25) is 5.92 Å². The van der Waals surface area contributed by atoms with Crippen LogP contribution in [0.5, 0.6) is 0 Å². The van der Waals surface area contributed by atoms with E-state index in [4.69, 9.17) is 4.74 Å². The Balaban J connectivity index is 1.80. The molecule has 1 spiro atoms. The van der Waals surface area contributed by atoms with Crippen molar-refractivity contribution in [2.75, 3.05) is 32.8 Å². The lowest BCUT2D eigenvalue weighted by molar-refractivity contribution is 0.00229.